The van der Waals surface area contributed by atoms with E-state index in [1.54, 1.807) is 36.4 Å². The molecule has 0 aliphatic carbocycles. The summed E-state index contributed by atoms with van der Waals surface area (Å²) in [6.45, 7) is 2.97. The van der Waals surface area contributed by atoms with Gasteiger partial charge in [-0.25, -0.2) is 12.7 Å². The number of carbonyl (C=O) groups excluding carboxylic acids is 1. The van der Waals surface area contributed by atoms with Crippen molar-refractivity contribution < 1.29 is 26.4 Å². The lowest BCUT2D eigenvalue weighted by atomic mass is 10.2. The summed E-state index contributed by atoms with van der Waals surface area (Å²) in [5.74, 6) is -0.430. The standard InChI is InChI=1S/C25H27F3N6O3S/c1-3-13-29-23(35)17-6-8-18(9-7-17)31-24-32-21(30-15-25(26,27)28)20-12-14-34(22(20)33-24)38(36,37)19-10-4-16(2)5-11-19/h4-11H,3,12-15H2,1-2H3,(H,29,35)(H2,30,31,32,33). The van der Waals surface area contributed by atoms with Gasteiger partial charge in [-0.05, 0) is 56.2 Å². The van der Waals surface area contributed by atoms with Crippen molar-refractivity contribution in [3.05, 3.63) is 65.2 Å². The molecule has 38 heavy (non-hydrogen) atoms. The Bertz CT molecular complexity index is 1410. The zero-order valence-electron chi connectivity index (χ0n) is 20.8. The van der Waals surface area contributed by atoms with Gasteiger partial charge in [-0.3, -0.25) is 4.79 Å². The number of rotatable bonds is 9. The molecule has 2 heterocycles. The van der Waals surface area contributed by atoms with Gasteiger partial charge in [0.15, 0.2) is 5.82 Å². The lowest BCUT2D eigenvalue weighted by Crippen LogP contribution is -2.30. The van der Waals surface area contributed by atoms with Gasteiger partial charge in [-0.1, -0.05) is 24.6 Å². The van der Waals surface area contributed by atoms with Gasteiger partial charge < -0.3 is 16.0 Å². The second-order valence-corrected chi connectivity index (χ2v) is 10.6. The van der Waals surface area contributed by atoms with Crippen molar-refractivity contribution in [3.8, 4) is 0 Å². The van der Waals surface area contributed by atoms with E-state index in [-0.39, 0.29) is 46.9 Å². The van der Waals surface area contributed by atoms with Crippen LogP contribution in [0.15, 0.2) is 53.4 Å². The Kier molecular flexibility index (Phi) is 7.76. The molecule has 0 saturated carbocycles. The van der Waals surface area contributed by atoms with Crippen molar-refractivity contribution in [1.82, 2.24) is 15.3 Å². The number of carbonyl (C=O) groups is 1. The number of alkyl halides is 3. The zero-order valence-corrected chi connectivity index (χ0v) is 21.6. The van der Waals surface area contributed by atoms with Gasteiger partial charge in [-0.15, -0.1) is 0 Å². The Labute approximate surface area is 218 Å². The van der Waals surface area contributed by atoms with Crippen LogP contribution >= 0.6 is 0 Å². The molecule has 1 aliphatic heterocycles. The molecule has 1 aliphatic rings. The van der Waals surface area contributed by atoms with Crippen molar-refractivity contribution in [2.75, 3.05) is 34.6 Å². The van der Waals surface area contributed by atoms with Crippen LogP contribution in [0.4, 0.5) is 36.4 Å². The van der Waals surface area contributed by atoms with E-state index < -0.39 is 22.7 Å². The molecule has 0 bridgehead atoms. The first-order chi connectivity index (χ1) is 18.0. The molecule has 9 nitrogen and oxygen atoms in total. The third-order valence-corrected chi connectivity index (χ3v) is 7.59. The predicted octanol–water partition coefficient (Wildman–Crippen LogP) is 4.39. The van der Waals surface area contributed by atoms with Crippen molar-refractivity contribution >= 4 is 39.2 Å². The summed E-state index contributed by atoms with van der Waals surface area (Å²) >= 11 is 0. The number of benzene rings is 2. The number of nitrogens with zero attached hydrogens (tertiary/aromatic N) is 3. The molecular formula is C25H27F3N6O3S. The number of aryl methyl sites for hydroxylation is 1. The van der Waals surface area contributed by atoms with Gasteiger partial charge in [0.1, 0.15) is 12.4 Å². The Morgan fingerprint density at radius 1 is 1.05 bits per heavy atom. The molecule has 0 radical (unpaired) electrons. The van der Waals surface area contributed by atoms with Gasteiger partial charge in [0.05, 0.1) is 4.90 Å². The molecule has 0 spiro atoms. The van der Waals surface area contributed by atoms with Crippen molar-refractivity contribution in [1.29, 1.82) is 0 Å². The summed E-state index contributed by atoms with van der Waals surface area (Å²) in [5, 5.41) is 7.96. The number of amides is 1. The molecule has 13 heteroatoms. The lowest BCUT2D eigenvalue weighted by Gasteiger charge is -2.20. The predicted molar refractivity (Wildman–Crippen MR) is 138 cm³/mol. The van der Waals surface area contributed by atoms with Gasteiger partial charge in [0, 0.05) is 29.9 Å². The SMILES string of the molecule is CCCNC(=O)c1ccc(Nc2nc(NCC(F)(F)F)c3c(n2)N(S(=O)(=O)c2ccc(C)cc2)CC3)cc1. The molecule has 0 atom stereocenters. The van der Waals surface area contributed by atoms with E-state index >= 15 is 0 Å². The fourth-order valence-electron chi connectivity index (χ4n) is 3.86. The lowest BCUT2D eigenvalue weighted by molar-refractivity contribution is -0.115. The van der Waals surface area contributed by atoms with Gasteiger partial charge in [0.2, 0.25) is 5.95 Å². The number of halogens is 3. The summed E-state index contributed by atoms with van der Waals surface area (Å²) in [5.41, 5.74) is 2.05. The average molecular weight is 549 g/mol. The molecule has 202 valence electrons. The smallest absolute Gasteiger partial charge is 0.361 e. The van der Waals surface area contributed by atoms with Crippen LogP contribution in [0.1, 0.15) is 34.8 Å². The van der Waals surface area contributed by atoms with E-state index in [0.717, 1.165) is 16.3 Å². The summed E-state index contributed by atoms with van der Waals surface area (Å²) in [6, 6.07) is 12.6. The molecule has 2 aromatic carbocycles. The van der Waals surface area contributed by atoms with Crippen LogP contribution in [0.2, 0.25) is 0 Å². The number of sulfonamides is 1. The van der Waals surface area contributed by atoms with Crippen molar-refractivity contribution in [2.24, 2.45) is 0 Å². The summed E-state index contributed by atoms with van der Waals surface area (Å²) in [4.78, 5) is 20.8. The molecule has 1 aromatic heterocycles. The fourth-order valence-corrected chi connectivity index (χ4v) is 5.30. The molecular weight excluding hydrogens is 521 g/mol. The third-order valence-electron chi connectivity index (χ3n) is 5.79. The van der Waals surface area contributed by atoms with E-state index in [1.807, 2.05) is 13.8 Å². The Morgan fingerprint density at radius 2 is 1.74 bits per heavy atom. The minimum atomic E-state index is -4.51. The molecule has 4 rings (SSSR count). The minimum Gasteiger partial charge on any atom is -0.361 e. The van der Waals surface area contributed by atoms with E-state index in [1.165, 1.54) is 12.1 Å². The maximum atomic E-state index is 13.4. The second-order valence-electron chi connectivity index (χ2n) is 8.77. The minimum absolute atomic E-state index is 0.00307. The fraction of sp³-hybridized carbons (Fsp3) is 0.320. The maximum Gasteiger partial charge on any atom is 0.405 e. The van der Waals surface area contributed by atoms with Crippen molar-refractivity contribution in [2.45, 2.75) is 37.8 Å². The number of hydrogen-bond acceptors (Lipinski definition) is 7. The van der Waals surface area contributed by atoms with Crippen LogP contribution in [-0.4, -0.2) is 50.1 Å². The summed E-state index contributed by atoms with van der Waals surface area (Å²) < 4.78 is 66.8. The van der Waals surface area contributed by atoms with Crippen LogP contribution in [-0.2, 0) is 16.4 Å². The summed E-state index contributed by atoms with van der Waals surface area (Å²) in [7, 11) is -4.02. The molecule has 0 saturated heterocycles. The first-order valence-corrected chi connectivity index (χ1v) is 13.4. The van der Waals surface area contributed by atoms with Gasteiger partial charge in [-0.2, -0.15) is 23.1 Å². The van der Waals surface area contributed by atoms with E-state index in [9.17, 15) is 26.4 Å². The van der Waals surface area contributed by atoms with Crippen LogP contribution in [0.25, 0.3) is 0 Å². The first-order valence-electron chi connectivity index (χ1n) is 11.9. The number of hydrogen-bond donors (Lipinski definition) is 3. The largest absolute Gasteiger partial charge is 0.405 e. The second kappa shape index (κ2) is 10.9. The average Bonchev–Trinajstić information content (AvgIpc) is 3.31. The van der Waals surface area contributed by atoms with E-state index in [0.29, 0.717) is 17.8 Å². The molecule has 3 N–H and O–H groups in total. The number of anilines is 4. The highest BCUT2D eigenvalue weighted by molar-refractivity contribution is 7.92. The Hall–Kier alpha value is -3.87. The van der Waals surface area contributed by atoms with E-state index in [4.69, 9.17) is 0 Å². The molecule has 0 unspecified atom stereocenters. The van der Waals surface area contributed by atoms with E-state index in [2.05, 4.69) is 25.9 Å². The topological polar surface area (TPSA) is 116 Å². The Morgan fingerprint density at radius 3 is 2.37 bits per heavy atom. The number of nitrogens with one attached hydrogen (secondary N) is 3. The van der Waals surface area contributed by atoms with Crippen LogP contribution in [0.3, 0.4) is 0 Å². The van der Waals surface area contributed by atoms with Gasteiger partial charge >= 0.3 is 6.18 Å². The molecule has 1 amide bonds. The van der Waals surface area contributed by atoms with Crippen molar-refractivity contribution in [3.63, 3.8) is 0 Å². The third kappa shape index (κ3) is 6.15. The maximum absolute atomic E-state index is 13.4. The monoisotopic (exact) mass is 548 g/mol. The highest BCUT2D eigenvalue weighted by atomic mass is 32.2. The molecule has 3 aromatic rings. The Balaban J connectivity index is 1.67. The van der Waals surface area contributed by atoms with Crippen LogP contribution < -0.4 is 20.3 Å². The zero-order chi connectivity index (χ0) is 27.5. The van der Waals surface area contributed by atoms with Gasteiger partial charge in [0.25, 0.3) is 15.9 Å². The quantitative estimate of drug-likeness (QED) is 0.363. The first kappa shape index (κ1) is 27.2. The molecule has 0 fully saturated rings. The highest BCUT2D eigenvalue weighted by Gasteiger charge is 2.36. The summed E-state index contributed by atoms with van der Waals surface area (Å²) in [6.07, 6.45) is -3.57. The highest BCUT2D eigenvalue weighted by Crippen LogP contribution is 2.36. The van der Waals surface area contributed by atoms with Crippen LogP contribution in [0.5, 0.6) is 0 Å². The number of fused-ring (bicyclic) bond motifs is 1. The normalized spacial score (nSPS) is 13.2. The van der Waals surface area contributed by atoms with Crippen LogP contribution in [0, 0.1) is 6.92 Å². The number of aromatic nitrogens is 2.